The predicted octanol–water partition coefficient (Wildman–Crippen LogP) is 5.40. The largest absolute Gasteiger partial charge is 0.362 e. The van der Waals surface area contributed by atoms with Crippen LogP contribution in [-0.4, -0.2) is 16.7 Å². The second kappa shape index (κ2) is 8.08. The number of nitrogens with zero attached hydrogens (tertiary/aromatic N) is 1. The van der Waals surface area contributed by atoms with Crippen LogP contribution in [0.4, 0.5) is 5.82 Å². The van der Waals surface area contributed by atoms with Crippen LogP contribution in [0, 0.1) is 12.3 Å². The zero-order valence-electron chi connectivity index (χ0n) is 18.2. The summed E-state index contributed by atoms with van der Waals surface area (Å²) in [5.41, 5.74) is 4.58. The molecule has 6 heteroatoms. The molecule has 0 bridgehead atoms. The fraction of sp³-hybridized carbons (Fsp3) is 0.320. The summed E-state index contributed by atoms with van der Waals surface area (Å²) >= 11 is 3.48. The Balaban J connectivity index is 1.80. The Labute approximate surface area is 191 Å². The van der Waals surface area contributed by atoms with E-state index in [-0.39, 0.29) is 17.1 Å². The van der Waals surface area contributed by atoms with Crippen molar-refractivity contribution in [1.82, 2.24) is 10.3 Å². The van der Waals surface area contributed by atoms with Crippen molar-refractivity contribution < 1.29 is 9.59 Å². The number of dihydropyridines is 1. The number of carbonyl (C=O) groups is 2. The Bertz CT molecular complexity index is 1130. The van der Waals surface area contributed by atoms with Gasteiger partial charge in [-0.1, -0.05) is 48.0 Å². The molecule has 160 valence electrons. The number of Topliss-reactive ketones (excluding diaryl/α,β-unsaturated/α-hetero) is 1. The number of halogens is 1. The molecular weight excluding hydrogens is 454 g/mol. The van der Waals surface area contributed by atoms with E-state index in [1.807, 2.05) is 50.2 Å². The highest BCUT2D eigenvalue weighted by atomic mass is 79.9. The average molecular weight is 480 g/mol. The van der Waals surface area contributed by atoms with E-state index in [2.05, 4.69) is 45.4 Å². The minimum Gasteiger partial charge on any atom is -0.362 e. The number of anilines is 1. The fourth-order valence-electron chi connectivity index (χ4n) is 4.52. The molecule has 2 aliphatic rings. The summed E-state index contributed by atoms with van der Waals surface area (Å²) in [6, 6.07) is 13.4. The molecule has 0 unspecified atom stereocenters. The zero-order valence-corrected chi connectivity index (χ0v) is 19.8. The third-order valence-corrected chi connectivity index (χ3v) is 6.35. The molecule has 2 N–H and O–H groups in total. The Kier molecular flexibility index (Phi) is 5.60. The number of carbonyl (C=O) groups excluding carboxylic acids is 2. The van der Waals surface area contributed by atoms with Gasteiger partial charge in [0.25, 0.3) is 5.91 Å². The van der Waals surface area contributed by atoms with E-state index in [1.165, 1.54) is 0 Å². The summed E-state index contributed by atoms with van der Waals surface area (Å²) in [6.45, 7) is 8.00. The molecule has 1 atom stereocenters. The maximum Gasteiger partial charge on any atom is 0.255 e. The van der Waals surface area contributed by atoms with Crippen LogP contribution in [0.25, 0.3) is 0 Å². The molecule has 0 radical (unpaired) electrons. The highest BCUT2D eigenvalue weighted by molar-refractivity contribution is 9.10. The van der Waals surface area contributed by atoms with Crippen LogP contribution in [0.5, 0.6) is 0 Å². The van der Waals surface area contributed by atoms with Gasteiger partial charge < -0.3 is 10.6 Å². The molecule has 0 saturated carbocycles. The average Bonchev–Trinajstić information content (AvgIpc) is 2.66. The minimum absolute atomic E-state index is 0.0955. The molecule has 1 aliphatic carbocycles. The smallest absolute Gasteiger partial charge is 0.255 e. The third kappa shape index (κ3) is 4.35. The number of amides is 1. The molecule has 5 nitrogen and oxygen atoms in total. The Morgan fingerprint density at radius 2 is 1.84 bits per heavy atom. The van der Waals surface area contributed by atoms with E-state index in [1.54, 1.807) is 6.07 Å². The van der Waals surface area contributed by atoms with Gasteiger partial charge in [-0.25, -0.2) is 4.98 Å². The zero-order chi connectivity index (χ0) is 22.3. The minimum atomic E-state index is -0.419. The van der Waals surface area contributed by atoms with Gasteiger partial charge in [0.2, 0.25) is 0 Å². The first-order valence-corrected chi connectivity index (χ1v) is 11.2. The molecule has 31 heavy (non-hydrogen) atoms. The number of allylic oxidation sites excluding steroid dienone is 3. The van der Waals surface area contributed by atoms with Gasteiger partial charge in [0.1, 0.15) is 5.82 Å². The third-order valence-electron chi connectivity index (χ3n) is 5.82. The molecule has 2 heterocycles. The fourth-order valence-corrected chi connectivity index (χ4v) is 4.79. The highest BCUT2D eigenvalue weighted by Gasteiger charge is 2.42. The van der Waals surface area contributed by atoms with Crippen molar-refractivity contribution >= 4 is 33.4 Å². The summed E-state index contributed by atoms with van der Waals surface area (Å²) in [6.07, 6.45) is 1.24. The predicted molar refractivity (Wildman–Crippen MR) is 125 cm³/mol. The number of aromatic nitrogens is 1. The number of hydrogen-bond donors (Lipinski definition) is 2. The van der Waals surface area contributed by atoms with E-state index >= 15 is 0 Å². The standard InChI is InChI=1S/C25H26BrN3O2/c1-14-6-5-7-20(27-14)29-24(31)21-15(2)28-18-12-25(3,4)13-19(30)23(18)22(21)16-8-10-17(26)11-9-16/h5-11,22,28H,12-13H2,1-4H3,(H,27,29,31)/t22-/m1/s1. The van der Waals surface area contributed by atoms with Gasteiger partial charge in [-0.3, -0.25) is 9.59 Å². The van der Waals surface area contributed by atoms with Crippen LogP contribution in [0.3, 0.4) is 0 Å². The first-order valence-electron chi connectivity index (χ1n) is 10.4. The molecule has 1 amide bonds. The first-order chi connectivity index (χ1) is 14.6. The number of ketones is 1. The van der Waals surface area contributed by atoms with Gasteiger partial charge in [-0.15, -0.1) is 0 Å². The summed E-state index contributed by atoms with van der Waals surface area (Å²) < 4.78 is 0.950. The van der Waals surface area contributed by atoms with Crippen LogP contribution in [-0.2, 0) is 9.59 Å². The quantitative estimate of drug-likeness (QED) is 0.618. The SMILES string of the molecule is CC1=C(C(=O)Nc2cccc(C)n2)[C@@H](c2ccc(Br)cc2)C2=C(CC(C)(C)CC2=O)N1. The molecule has 4 rings (SSSR count). The van der Waals surface area contributed by atoms with Crippen molar-refractivity contribution in [3.63, 3.8) is 0 Å². The molecule has 0 spiro atoms. The van der Waals surface area contributed by atoms with E-state index < -0.39 is 5.92 Å². The van der Waals surface area contributed by atoms with Crippen molar-refractivity contribution in [3.05, 3.63) is 80.7 Å². The lowest BCUT2D eigenvalue weighted by Crippen LogP contribution is -2.39. The van der Waals surface area contributed by atoms with Crippen molar-refractivity contribution in [1.29, 1.82) is 0 Å². The lowest BCUT2D eigenvalue weighted by molar-refractivity contribution is -0.118. The number of aryl methyl sites for hydroxylation is 1. The topological polar surface area (TPSA) is 71.1 Å². The van der Waals surface area contributed by atoms with E-state index in [9.17, 15) is 9.59 Å². The van der Waals surface area contributed by atoms with Gasteiger partial charge >= 0.3 is 0 Å². The number of benzene rings is 1. The summed E-state index contributed by atoms with van der Waals surface area (Å²) in [5, 5.41) is 6.32. The van der Waals surface area contributed by atoms with Crippen molar-refractivity contribution in [3.8, 4) is 0 Å². The molecule has 1 aromatic heterocycles. The van der Waals surface area contributed by atoms with Crippen LogP contribution in [0.2, 0.25) is 0 Å². The Morgan fingerprint density at radius 1 is 1.13 bits per heavy atom. The van der Waals surface area contributed by atoms with Gasteiger partial charge in [-0.05, 0) is 55.5 Å². The number of pyridine rings is 1. The second-order valence-electron chi connectivity index (χ2n) is 9.10. The van der Waals surface area contributed by atoms with Crippen LogP contribution < -0.4 is 10.6 Å². The summed E-state index contributed by atoms with van der Waals surface area (Å²) in [4.78, 5) is 31.2. The van der Waals surface area contributed by atoms with Crippen LogP contribution in [0.15, 0.2) is 69.5 Å². The van der Waals surface area contributed by atoms with Gasteiger partial charge in [0, 0.05) is 45.0 Å². The van der Waals surface area contributed by atoms with Gasteiger partial charge in [0.15, 0.2) is 5.78 Å². The van der Waals surface area contributed by atoms with Crippen molar-refractivity contribution in [2.75, 3.05) is 5.32 Å². The monoisotopic (exact) mass is 479 g/mol. The number of hydrogen-bond acceptors (Lipinski definition) is 4. The van der Waals surface area contributed by atoms with E-state index in [4.69, 9.17) is 0 Å². The molecule has 1 aromatic carbocycles. The maximum absolute atomic E-state index is 13.5. The lowest BCUT2D eigenvalue weighted by atomic mass is 9.68. The van der Waals surface area contributed by atoms with Crippen LogP contribution in [0.1, 0.15) is 50.8 Å². The summed E-state index contributed by atoms with van der Waals surface area (Å²) in [7, 11) is 0. The maximum atomic E-state index is 13.5. The van der Waals surface area contributed by atoms with Gasteiger partial charge in [0.05, 0.1) is 0 Å². The van der Waals surface area contributed by atoms with Crippen molar-refractivity contribution in [2.24, 2.45) is 5.41 Å². The molecule has 1 aliphatic heterocycles. The molecule has 0 saturated heterocycles. The lowest BCUT2D eigenvalue weighted by Gasteiger charge is -2.39. The van der Waals surface area contributed by atoms with E-state index in [0.29, 0.717) is 23.4 Å². The first kappa shape index (κ1) is 21.5. The van der Waals surface area contributed by atoms with Crippen molar-refractivity contribution in [2.45, 2.75) is 46.5 Å². The highest BCUT2D eigenvalue weighted by Crippen LogP contribution is 2.46. The molecule has 2 aromatic rings. The molecular formula is C25H26BrN3O2. The Hall–Kier alpha value is -2.73. The van der Waals surface area contributed by atoms with Crippen LogP contribution >= 0.6 is 15.9 Å². The molecule has 0 fully saturated rings. The second-order valence-corrected chi connectivity index (χ2v) is 10.0. The van der Waals surface area contributed by atoms with E-state index in [0.717, 1.165) is 33.5 Å². The Morgan fingerprint density at radius 3 is 2.52 bits per heavy atom. The van der Waals surface area contributed by atoms with Gasteiger partial charge in [-0.2, -0.15) is 0 Å². The number of nitrogens with one attached hydrogen (secondary N) is 2. The number of rotatable bonds is 3. The normalized spacial score (nSPS) is 20.3. The summed E-state index contributed by atoms with van der Waals surface area (Å²) in [5.74, 6) is -0.0770.